The molecule has 2 aliphatic heterocycles. The summed E-state index contributed by atoms with van der Waals surface area (Å²) in [6.07, 6.45) is 3.50. The molecule has 28 heavy (non-hydrogen) atoms. The summed E-state index contributed by atoms with van der Waals surface area (Å²) in [7, 11) is 0. The number of fused-ring (bicyclic) bond motifs is 3. The molecular formula is C24H29NO3. The van der Waals surface area contributed by atoms with Gasteiger partial charge >= 0.3 is 5.97 Å². The van der Waals surface area contributed by atoms with E-state index in [1.807, 2.05) is 12.1 Å². The molecular weight excluding hydrogens is 350 g/mol. The molecule has 2 aromatic carbocycles. The topological polar surface area (TPSA) is 47.6 Å². The molecule has 0 bridgehead atoms. The highest BCUT2D eigenvalue weighted by molar-refractivity contribution is 5.69. The predicted molar refractivity (Wildman–Crippen MR) is 111 cm³/mol. The molecule has 1 fully saturated rings. The Balaban J connectivity index is 1.66. The highest BCUT2D eigenvalue weighted by Gasteiger charge is 2.39. The standard InChI is InChI=1S/C24H29NO3/c1-4-15(2)18-9-12-22-21(14-18)24-20(6-5-13-27-24)23(25-22)17-7-10-19(11-8-17)28-16(3)26/h7-12,14-15,20,23-25H,4-6,13H2,1-3H3. The van der Waals surface area contributed by atoms with Crippen molar-refractivity contribution in [1.82, 2.24) is 0 Å². The van der Waals surface area contributed by atoms with Gasteiger partial charge in [-0.05, 0) is 54.5 Å². The van der Waals surface area contributed by atoms with Crippen molar-refractivity contribution in [3.63, 3.8) is 0 Å². The van der Waals surface area contributed by atoms with E-state index in [0.29, 0.717) is 17.6 Å². The Hall–Kier alpha value is -2.33. The third-order valence-electron chi connectivity index (χ3n) is 6.17. The fourth-order valence-corrected chi connectivity index (χ4v) is 4.47. The fraction of sp³-hybridized carbons (Fsp3) is 0.458. The summed E-state index contributed by atoms with van der Waals surface area (Å²) < 4.78 is 11.5. The van der Waals surface area contributed by atoms with Gasteiger partial charge in [0.1, 0.15) is 5.75 Å². The van der Waals surface area contributed by atoms with Crippen molar-refractivity contribution in [2.24, 2.45) is 5.92 Å². The Morgan fingerprint density at radius 3 is 2.75 bits per heavy atom. The summed E-state index contributed by atoms with van der Waals surface area (Å²) in [6, 6.07) is 14.9. The van der Waals surface area contributed by atoms with Crippen LogP contribution in [0.25, 0.3) is 0 Å². The lowest BCUT2D eigenvalue weighted by atomic mass is 9.77. The monoisotopic (exact) mass is 379 g/mol. The van der Waals surface area contributed by atoms with Crippen LogP contribution >= 0.6 is 0 Å². The lowest BCUT2D eigenvalue weighted by molar-refractivity contribution is -0.131. The van der Waals surface area contributed by atoms with Crippen LogP contribution in [0.1, 0.15) is 74.8 Å². The van der Waals surface area contributed by atoms with Gasteiger partial charge < -0.3 is 14.8 Å². The van der Waals surface area contributed by atoms with Crippen LogP contribution in [-0.4, -0.2) is 12.6 Å². The molecule has 2 heterocycles. The Bertz CT molecular complexity index is 845. The van der Waals surface area contributed by atoms with Gasteiger partial charge in [-0.2, -0.15) is 0 Å². The Morgan fingerprint density at radius 1 is 1.25 bits per heavy atom. The van der Waals surface area contributed by atoms with Crippen LogP contribution < -0.4 is 10.1 Å². The summed E-state index contributed by atoms with van der Waals surface area (Å²) in [6.45, 7) is 6.76. The molecule has 0 spiro atoms. The maximum atomic E-state index is 11.2. The van der Waals surface area contributed by atoms with Gasteiger partial charge in [-0.15, -0.1) is 0 Å². The molecule has 148 valence electrons. The van der Waals surface area contributed by atoms with Crippen molar-refractivity contribution in [2.45, 2.75) is 58.1 Å². The zero-order valence-corrected chi connectivity index (χ0v) is 16.9. The Kier molecular flexibility index (Phi) is 5.40. The number of ether oxygens (including phenoxy) is 2. The van der Waals surface area contributed by atoms with E-state index in [2.05, 4.69) is 49.5 Å². The third-order valence-corrected chi connectivity index (χ3v) is 6.17. The lowest BCUT2D eigenvalue weighted by Crippen LogP contribution is -2.36. The molecule has 0 aliphatic carbocycles. The number of nitrogens with one attached hydrogen (secondary N) is 1. The highest BCUT2D eigenvalue weighted by Crippen LogP contribution is 2.49. The normalized spacial score (nSPS) is 24.5. The summed E-state index contributed by atoms with van der Waals surface area (Å²) in [5.74, 6) is 1.24. The zero-order chi connectivity index (χ0) is 19.7. The molecule has 0 saturated carbocycles. The van der Waals surface area contributed by atoms with E-state index >= 15 is 0 Å². The smallest absolute Gasteiger partial charge is 0.308 e. The van der Waals surface area contributed by atoms with E-state index in [9.17, 15) is 4.79 Å². The van der Waals surface area contributed by atoms with Gasteiger partial charge in [0.05, 0.1) is 12.1 Å². The van der Waals surface area contributed by atoms with Crippen LogP contribution in [-0.2, 0) is 9.53 Å². The van der Waals surface area contributed by atoms with Gasteiger partial charge in [0, 0.05) is 30.7 Å². The summed E-state index contributed by atoms with van der Waals surface area (Å²) in [4.78, 5) is 11.2. The minimum atomic E-state index is -0.296. The number of hydrogen-bond acceptors (Lipinski definition) is 4. The van der Waals surface area contributed by atoms with E-state index in [0.717, 1.165) is 25.9 Å². The summed E-state index contributed by atoms with van der Waals surface area (Å²) in [5, 5.41) is 3.77. The number of anilines is 1. The van der Waals surface area contributed by atoms with Gasteiger partial charge in [-0.1, -0.05) is 38.1 Å². The van der Waals surface area contributed by atoms with Crippen LogP contribution in [0, 0.1) is 5.92 Å². The summed E-state index contributed by atoms with van der Waals surface area (Å²) >= 11 is 0. The second kappa shape index (κ2) is 7.96. The summed E-state index contributed by atoms with van der Waals surface area (Å²) in [5.41, 5.74) is 5.06. The van der Waals surface area contributed by atoms with Crippen LogP contribution in [0.5, 0.6) is 5.75 Å². The van der Waals surface area contributed by atoms with Gasteiger partial charge in [0.2, 0.25) is 0 Å². The predicted octanol–water partition coefficient (Wildman–Crippen LogP) is 5.76. The first-order valence-corrected chi connectivity index (χ1v) is 10.4. The van der Waals surface area contributed by atoms with Crippen molar-refractivity contribution < 1.29 is 14.3 Å². The highest BCUT2D eigenvalue weighted by atomic mass is 16.5. The fourth-order valence-electron chi connectivity index (χ4n) is 4.47. The average molecular weight is 380 g/mol. The van der Waals surface area contributed by atoms with Gasteiger partial charge in [0.25, 0.3) is 0 Å². The van der Waals surface area contributed by atoms with Crippen LogP contribution in [0.15, 0.2) is 42.5 Å². The van der Waals surface area contributed by atoms with E-state index < -0.39 is 0 Å². The number of carbonyl (C=O) groups is 1. The number of hydrogen-bond donors (Lipinski definition) is 1. The molecule has 1 saturated heterocycles. The molecule has 2 aliphatic rings. The third kappa shape index (κ3) is 3.66. The molecule has 0 aromatic heterocycles. The van der Waals surface area contributed by atoms with Crippen LogP contribution in [0.4, 0.5) is 5.69 Å². The molecule has 0 amide bonds. The number of esters is 1. The van der Waals surface area contributed by atoms with E-state index in [-0.39, 0.29) is 18.1 Å². The first-order valence-electron chi connectivity index (χ1n) is 10.4. The average Bonchev–Trinajstić information content (AvgIpc) is 2.72. The van der Waals surface area contributed by atoms with Crippen molar-refractivity contribution in [1.29, 1.82) is 0 Å². The minimum Gasteiger partial charge on any atom is -0.427 e. The second-order valence-corrected chi connectivity index (χ2v) is 8.04. The molecule has 0 radical (unpaired) electrons. The largest absolute Gasteiger partial charge is 0.427 e. The first-order chi connectivity index (χ1) is 13.6. The Labute approximate surface area is 167 Å². The molecule has 1 N–H and O–H groups in total. The van der Waals surface area contributed by atoms with Crippen molar-refractivity contribution in [3.05, 3.63) is 59.2 Å². The Morgan fingerprint density at radius 2 is 2.04 bits per heavy atom. The van der Waals surface area contributed by atoms with E-state index in [4.69, 9.17) is 9.47 Å². The van der Waals surface area contributed by atoms with Crippen molar-refractivity contribution in [3.8, 4) is 5.75 Å². The first kappa shape index (κ1) is 19.0. The van der Waals surface area contributed by atoms with E-state index in [1.165, 1.54) is 29.3 Å². The quantitative estimate of drug-likeness (QED) is 0.542. The lowest BCUT2D eigenvalue weighted by Gasteiger charge is -2.43. The van der Waals surface area contributed by atoms with Crippen molar-refractivity contribution in [2.75, 3.05) is 11.9 Å². The second-order valence-electron chi connectivity index (χ2n) is 8.04. The van der Waals surface area contributed by atoms with Gasteiger partial charge in [0.15, 0.2) is 0 Å². The van der Waals surface area contributed by atoms with E-state index in [1.54, 1.807) is 0 Å². The maximum absolute atomic E-state index is 11.2. The minimum absolute atomic E-state index is 0.132. The maximum Gasteiger partial charge on any atom is 0.308 e. The number of benzene rings is 2. The molecule has 4 unspecified atom stereocenters. The number of carbonyl (C=O) groups excluding carboxylic acids is 1. The van der Waals surface area contributed by atoms with Crippen LogP contribution in [0.3, 0.4) is 0 Å². The number of rotatable bonds is 4. The molecule has 4 atom stereocenters. The van der Waals surface area contributed by atoms with Crippen molar-refractivity contribution >= 4 is 11.7 Å². The molecule has 4 rings (SSSR count). The molecule has 4 heteroatoms. The zero-order valence-electron chi connectivity index (χ0n) is 16.9. The SMILES string of the molecule is CCC(C)c1ccc2c(c1)C1OCCCC1C(c1ccc(OC(C)=O)cc1)N2. The van der Waals surface area contributed by atoms with Gasteiger partial charge in [-0.3, -0.25) is 4.79 Å². The molecule has 4 nitrogen and oxygen atoms in total. The molecule has 2 aromatic rings. The van der Waals surface area contributed by atoms with Crippen LogP contribution in [0.2, 0.25) is 0 Å². The van der Waals surface area contributed by atoms with Gasteiger partial charge in [-0.25, -0.2) is 0 Å².